The average Bonchev–Trinajstić information content (AvgIpc) is 2.23. The summed E-state index contributed by atoms with van der Waals surface area (Å²) < 4.78 is 13.4. The number of nitrogens with zero attached hydrogens (tertiary/aromatic N) is 2. The lowest BCUT2D eigenvalue weighted by molar-refractivity contribution is 0.631. The van der Waals surface area contributed by atoms with Crippen LogP contribution in [0.1, 0.15) is 0 Å². The summed E-state index contributed by atoms with van der Waals surface area (Å²) in [5, 5.41) is 7.28. The summed E-state index contributed by atoms with van der Waals surface area (Å²) in [5.41, 5.74) is 6.73. The maximum atomic E-state index is 13.4. The highest BCUT2D eigenvalue weighted by molar-refractivity contribution is 6.32. The van der Waals surface area contributed by atoms with Crippen LogP contribution < -0.4 is 5.73 Å². The first-order valence-electron chi connectivity index (χ1n) is 4.21. The molecule has 76 valence electrons. The summed E-state index contributed by atoms with van der Waals surface area (Å²) in [7, 11) is 0. The van der Waals surface area contributed by atoms with E-state index >= 15 is 0 Å². The lowest BCUT2D eigenvalue weighted by Crippen LogP contribution is -1.96. The fraction of sp³-hybridized carbons (Fsp3) is 0. The highest BCUT2D eigenvalue weighted by Gasteiger charge is 2.10. The van der Waals surface area contributed by atoms with Gasteiger partial charge >= 0.3 is 0 Å². The molecule has 2 N–H and O–H groups in total. The van der Waals surface area contributed by atoms with E-state index in [4.69, 9.17) is 17.3 Å². The Morgan fingerprint density at radius 3 is 2.67 bits per heavy atom. The molecule has 0 aliphatic rings. The monoisotopic (exact) mass is 223 g/mol. The van der Waals surface area contributed by atoms with Crippen molar-refractivity contribution in [3.8, 4) is 11.1 Å². The molecule has 1 heterocycles. The van der Waals surface area contributed by atoms with E-state index in [-0.39, 0.29) is 16.7 Å². The molecule has 0 unspecified atom stereocenters. The average molecular weight is 224 g/mol. The van der Waals surface area contributed by atoms with Gasteiger partial charge in [-0.3, -0.25) is 0 Å². The number of nitrogen functional groups attached to an aromatic ring is 1. The SMILES string of the molecule is Nc1c(-c2ccccc2F)cnnc1Cl. The second-order valence-electron chi connectivity index (χ2n) is 2.94. The van der Waals surface area contributed by atoms with Crippen molar-refractivity contribution in [3.63, 3.8) is 0 Å². The zero-order valence-electron chi connectivity index (χ0n) is 7.61. The van der Waals surface area contributed by atoms with Gasteiger partial charge in [0.2, 0.25) is 0 Å². The van der Waals surface area contributed by atoms with Crippen LogP contribution in [0, 0.1) is 5.82 Å². The van der Waals surface area contributed by atoms with E-state index in [1.807, 2.05) is 0 Å². The molecule has 0 aliphatic carbocycles. The van der Waals surface area contributed by atoms with E-state index in [1.165, 1.54) is 12.3 Å². The van der Waals surface area contributed by atoms with Crippen molar-refractivity contribution >= 4 is 17.3 Å². The Labute approximate surface area is 90.7 Å². The molecule has 2 aromatic rings. The molecule has 2 rings (SSSR count). The number of halogens is 2. The Morgan fingerprint density at radius 1 is 1.20 bits per heavy atom. The first-order valence-corrected chi connectivity index (χ1v) is 4.59. The lowest BCUT2D eigenvalue weighted by atomic mass is 10.1. The zero-order chi connectivity index (χ0) is 10.8. The van der Waals surface area contributed by atoms with Gasteiger partial charge in [0, 0.05) is 11.1 Å². The number of hydrogen-bond donors (Lipinski definition) is 1. The van der Waals surface area contributed by atoms with Gasteiger partial charge in [0.1, 0.15) is 5.82 Å². The van der Waals surface area contributed by atoms with Crippen molar-refractivity contribution in [2.75, 3.05) is 5.73 Å². The van der Waals surface area contributed by atoms with Crippen LogP contribution in [0.5, 0.6) is 0 Å². The predicted molar refractivity (Wildman–Crippen MR) is 56.8 cm³/mol. The van der Waals surface area contributed by atoms with Gasteiger partial charge in [-0.15, -0.1) is 5.10 Å². The summed E-state index contributed by atoms with van der Waals surface area (Å²) in [6, 6.07) is 6.28. The van der Waals surface area contributed by atoms with Crippen LogP contribution in [0.4, 0.5) is 10.1 Å². The maximum absolute atomic E-state index is 13.4. The first-order chi connectivity index (χ1) is 7.20. The van der Waals surface area contributed by atoms with Crippen molar-refractivity contribution in [1.29, 1.82) is 0 Å². The molecule has 0 radical (unpaired) electrons. The minimum Gasteiger partial charge on any atom is -0.396 e. The Bertz CT molecular complexity index is 502. The second-order valence-corrected chi connectivity index (χ2v) is 3.30. The largest absolute Gasteiger partial charge is 0.396 e. The molecule has 15 heavy (non-hydrogen) atoms. The maximum Gasteiger partial charge on any atom is 0.175 e. The third kappa shape index (κ3) is 1.76. The Hall–Kier alpha value is -1.68. The summed E-state index contributed by atoms with van der Waals surface area (Å²) in [6.45, 7) is 0. The van der Waals surface area contributed by atoms with Gasteiger partial charge in [-0.2, -0.15) is 5.10 Å². The van der Waals surface area contributed by atoms with Gasteiger partial charge in [-0.05, 0) is 6.07 Å². The van der Waals surface area contributed by atoms with Crippen molar-refractivity contribution in [2.24, 2.45) is 0 Å². The lowest BCUT2D eigenvalue weighted by Gasteiger charge is -2.06. The van der Waals surface area contributed by atoms with E-state index in [0.717, 1.165) is 0 Å². The van der Waals surface area contributed by atoms with Crippen LogP contribution in [-0.2, 0) is 0 Å². The van der Waals surface area contributed by atoms with E-state index in [2.05, 4.69) is 10.2 Å². The van der Waals surface area contributed by atoms with Gasteiger partial charge in [-0.25, -0.2) is 4.39 Å². The summed E-state index contributed by atoms with van der Waals surface area (Å²) in [5.74, 6) is -0.367. The van der Waals surface area contributed by atoms with Crippen LogP contribution in [0.25, 0.3) is 11.1 Å². The Kier molecular flexibility index (Phi) is 2.51. The van der Waals surface area contributed by atoms with Crippen LogP contribution in [0.2, 0.25) is 5.15 Å². The molecule has 0 fully saturated rings. The fourth-order valence-corrected chi connectivity index (χ4v) is 1.41. The molecule has 0 saturated carbocycles. The molecular weight excluding hydrogens is 217 g/mol. The highest BCUT2D eigenvalue weighted by Crippen LogP contribution is 2.30. The van der Waals surface area contributed by atoms with Crippen molar-refractivity contribution in [3.05, 3.63) is 41.4 Å². The van der Waals surface area contributed by atoms with Gasteiger partial charge < -0.3 is 5.73 Å². The summed E-state index contributed by atoms with van der Waals surface area (Å²) >= 11 is 5.70. The van der Waals surface area contributed by atoms with Gasteiger partial charge in [0.15, 0.2) is 5.15 Å². The minimum atomic E-state index is -0.367. The molecule has 1 aromatic heterocycles. The molecule has 0 spiro atoms. The summed E-state index contributed by atoms with van der Waals surface area (Å²) in [6.07, 6.45) is 1.39. The number of nitrogens with two attached hydrogens (primary N) is 1. The predicted octanol–water partition coefficient (Wildman–Crippen LogP) is 2.52. The first kappa shape index (κ1) is 9.86. The standard InChI is InChI=1S/C10H7ClFN3/c11-10-9(13)7(5-14-15-10)6-3-1-2-4-8(6)12/h1-5H,(H2,13,14). The normalized spacial score (nSPS) is 10.3. The summed E-state index contributed by atoms with van der Waals surface area (Å²) in [4.78, 5) is 0. The van der Waals surface area contributed by atoms with Crippen molar-refractivity contribution in [1.82, 2.24) is 10.2 Å². The van der Waals surface area contributed by atoms with Crippen molar-refractivity contribution in [2.45, 2.75) is 0 Å². The van der Waals surface area contributed by atoms with Gasteiger partial charge in [0.05, 0.1) is 11.9 Å². The van der Waals surface area contributed by atoms with E-state index in [1.54, 1.807) is 18.2 Å². The van der Waals surface area contributed by atoms with Gasteiger partial charge in [-0.1, -0.05) is 29.8 Å². The number of hydrogen-bond acceptors (Lipinski definition) is 3. The number of benzene rings is 1. The van der Waals surface area contributed by atoms with Crippen LogP contribution in [0.3, 0.4) is 0 Å². The third-order valence-corrected chi connectivity index (χ3v) is 2.29. The third-order valence-electron chi connectivity index (χ3n) is 2.01. The quantitative estimate of drug-likeness (QED) is 0.808. The smallest absolute Gasteiger partial charge is 0.175 e. The Balaban J connectivity index is 2.65. The van der Waals surface area contributed by atoms with E-state index in [9.17, 15) is 4.39 Å². The topological polar surface area (TPSA) is 51.8 Å². The minimum absolute atomic E-state index is 0.0794. The Morgan fingerprint density at radius 2 is 1.93 bits per heavy atom. The molecule has 0 aliphatic heterocycles. The molecule has 0 atom stereocenters. The molecule has 0 amide bonds. The molecule has 0 bridgehead atoms. The number of anilines is 1. The van der Waals surface area contributed by atoms with Crippen LogP contribution in [-0.4, -0.2) is 10.2 Å². The van der Waals surface area contributed by atoms with E-state index in [0.29, 0.717) is 11.1 Å². The van der Waals surface area contributed by atoms with Gasteiger partial charge in [0.25, 0.3) is 0 Å². The number of aromatic nitrogens is 2. The molecule has 5 heteroatoms. The van der Waals surface area contributed by atoms with E-state index < -0.39 is 0 Å². The highest BCUT2D eigenvalue weighted by atomic mass is 35.5. The van der Waals surface area contributed by atoms with Crippen LogP contribution in [0.15, 0.2) is 30.5 Å². The van der Waals surface area contributed by atoms with Crippen LogP contribution >= 0.6 is 11.6 Å². The molecular formula is C10H7ClFN3. The fourth-order valence-electron chi connectivity index (χ4n) is 1.27. The van der Waals surface area contributed by atoms with Crippen molar-refractivity contribution < 1.29 is 4.39 Å². The zero-order valence-corrected chi connectivity index (χ0v) is 8.37. The number of rotatable bonds is 1. The second kappa shape index (κ2) is 3.82. The molecule has 1 aromatic carbocycles. The molecule has 0 saturated heterocycles. The molecule has 3 nitrogen and oxygen atoms in total.